The Labute approximate surface area is 133 Å². The molecule has 1 unspecified atom stereocenters. The Kier molecular flexibility index (Phi) is 3.98. The third-order valence-electron chi connectivity index (χ3n) is 3.98. The molecule has 114 valence electrons. The van der Waals surface area contributed by atoms with Gasteiger partial charge in [0.05, 0.1) is 0 Å². The van der Waals surface area contributed by atoms with E-state index in [1.807, 2.05) is 35.7 Å². The van der Waals surface area contributed by atoms with Crippen molar-refractivity contribution in [2.45, 2.75) is 25.3 Å². The van der Waals surface area contributed by atoms with Crippen molar-refractivity contribution in [3.63, 3.8) is 0 Å². The molecule has 22 heavy (non-hydrogen) atoms. The molecule has 1 aromatic carbocycles. The van der Waals surface area contributed by atoms with E-state index >= 15 is 0 Å². The summed E-state index contributed by atoms with van der Waals surface area (Å²) in [7, 11) is 0. The van der Waals surface area contributed by atoms with Crippen LogP contribution in [0.25, 0.3) is 0 Å². The second-order valence-electron chi connectivity index (χ2n) is 5.58. The maximum Gasteiger partial charge on any atom is 0.325 e. The normalized spacial score (nSPS) is 21.2. The van der Waals surface area contributed by atoms with Crippen molar-refractivity contribution < 1.29 is 9.59 Å². The molecule has 0 aliphatic carbocycles. The minimum atomic E-state index is -0.919. The van der Waals surface area contributed by atoms with Crippen LogP contribution in [0.2, 0.25) is 0 Å². The Balaban J connectivity index is 1.65. The van der Waals surface area contributed by atoms with E-state index in [1.165, 1.54) is 21.8 Å². The van der Waals surface area contributed by atoms with Crippen LogP contribution in [-0.4, -0.2) is 23.4 Å². The largest absolute Gasteiger partial charge is 0.325 e. The van der Waals surface area contributed by atoms with E-state index in [9.17, 15) is 9.59 Å². The number of carbonyl (C=O) groups is 2. The average molecular weight is 314 g/mol. The summed E-state index contributed by atoms with van der Waals surface area (Å²) < 4.78 is 0. The second kappa shape index (κ2) is 5.93. The van der Waals surface area contributed by atoms with E-state index in [0.717, 1.165) is 17.7 Å². The van der Waals surface area contributed by atoms with Crippen molar-refractivity contribution in [2.24, 2.45) is 0 Å². The number of hydrogen-bond donors (Lipinski definition) is 1. The number of amides is 3. The Morgan fingerprint density at radius 2 is 1.91 bits per heavy atom. The van der Waals surface area contributed by atoms with E-state index < -0.39 is 5.54 Å². The van der Waals surface area contributed by atoms with Gasteiger partial charge in [0.15, 0.2) is 5.54 Å². The van der Waals surface area contributed by atoms with Gasteiger partial charge in [-0.2, -0.15) is 0 Å². The summed E-state index contributed by atoms with van der Waals surface area (Å²) in [6.07, 6.45) is 1.62. The van der Waals surface area contributed by atoms with Crippen molar-refractivity contribution in [1.82, 2.24) is 10.2 Å². The van der Waals surface area contributed by atoms with Crippen LogP contribution >= 0.6 is 11.3 Å². The van der Waals surface area contributed by atoms with Crippen LogP contribution in [-0.2, 0) is 16.8 Å². The summed E-state index contributed by atoms with van der Waals surface area (Å²) in [6.45, 7) is 2.22. The molecule has 0 bridgehead atoms. The second-order valence-corrected chi connectivity index (χ2v) is 6.53. The third-order valence-corrected chi connectivity index (χ3v) is 5.07. The van der Waals surface area contributed by atoms with Crippen LogP contribution in [0.4, 0.5) is 4.79 Å². The van der Waals surface area contributed by atoms with Crippen LogP contribution in [0.5, 0.6) is 0 Å². The van der Waals surface area contributed by atoms with Crippen LogP contribution in [0.15, 0.2) is 47.8 Å². The molecule has 1 N–H and O–H groups in total. The summed E-state index contributed by atoms with van der Waals surface area (Å²) in [5, 5.41) is 4.74. The molecular formula is C17H18N2O2S. The summed E-state index contributed by atoms with van der Waals surface area (Å²) in [5.41, 5.74) is 0.299. The van der Waals surface area contributed by atoms with E-state index in [0.29, 0.717) is 6.54 Å². The molecule has 1 saturated heterocycles. The quantitative estimate of drug-likeness (QED) is 0.862. The predicted octanol–water partition coefficient (Wildman–Crippen LogP) is 3.15. The number of nitrogens with zero attached hydrogens (tertiary/aromatic N) is 1. The standard InChI is InChI=1S/C17H18N2O2S/c1-17(14-10-6-12-22-14)15(20)19(16(21)18-17)11-5-9-13-7-3-2-4-8-13/h2-4,6-8,10,12H,5,9,11H2,1H3,(H,18,21). The lowest BCUT2D eigenvalue weighted by molar-refractivity contribution is -0.131. The average Bonchev–Trinajstić information content (AvgIpc) is 3.12. The molecular weight excluding hydrogens is 296 g/mol. The fraction of sp³-hybridized carbons (Fsp3) is 0.294. The molecule has 1 fully saturated rings. The smallest absolute Gasteiger partial charge is 0.319 e. The molecule has 0 radical (unpaired) electrons. The molecule has 3 rings (SSSR count). The van der Waals surface area contributed by atoms with Crippen molar-refractivity contribution in [3.8, 4) is 0 Å². The van der Waals surface area contributed by atoms with Gasteiger partial charge in [-0.05, 0) is 36.8 Å². The number of imide groups is 1. The number of nitrogens with one attached hydrogen (secondary N) is 1. The highest BCUT2D eigenvalue weighted by Crippen LogP contribution is 2.31. The first-order valence-electron chi connectivity index (χ1n) is 7.33. The fourth-order valence-electron chi connectivity index (χ4n) is 2.72. The van der Waals surface area contributed by atoms with Crippen LogP contribution in [0, 0.1) is 0 Å². The van der Waals surface area contributed by atoms with Gasteiger partial charge in [0.25, 0.3) is 5.91 Å². The van der Waals surface area contributed by atoms with Gasteiger partial charge in [0, 0.05) is 11.4 Å². The zero-order valence-electron chi connectivity index (χ0n) is 12.4. The number of carbonyl (C=O) groups excluding carboxylic acids is 2. The van der Waals surface area contributed by atoms with Crippen LogP contribution < -0.4 is 5.32 Å². The predicted molar refractivity (Wildman–Crippen MR) is 86.7 cm³/mol. The SMILES string of the molecule is CC1(c2cccs2)NC(=O)N(CCCc2ccccc2)C1=O. The maximum absolute atomic E-state index is 12.6. The van der Waals surface area contributed by atoms with Crippen molar-refractivity contribution in [2.75, 3.05) is 6.54 Å². The number of urea groups is 1. The van der Waals surface area contributed by atoms with Gasteiger partial charge in [-0.3, -0.25) is 9.69 Å². The van der Waals surface area contributed by atoms with Crippen LogP contribution in [0.1, 0.15) is 23.8 Å². The minimum Gasteiger partial charge on any atom is -0.319 e. The van der Waals surface area contributed by atoms with E-state index in [4.69, 9.17) is 0 Å². The molecule has 5 heteroatoms. The summed E-state index contributed by atoms with van der Waals surface area (Å²) in [4.78, 5) is 27.0. The molecule has 1 aliphatic rings. The van der Waals surface area contributed by atoms with Gasteiger partial charge in [-0.25, -0.2) is 4.79 Å². The fourth-order valence-corrected chi connectivity index (χ4v) is 3.55. The number of aryl methyl sites for hydroxylation is 1. The van der Waals surface area contributed by atoms with Gasteiger partial charge in [-0.1, -0.05) is 36.4 Å². The Bertz CT molecular complexity index is 669. The molecule has 3 amide bonds. The van der Waals surface area contributed by atoms with Crippen molar-refractivity contribution in [1.29, 1.82) is 0 Å². The van der Waals surface area contributed by atoms with E-state index in [-0.39, 0.29) is 11.9 Å². The lowest BCUT2D eigenvalue weighted by Crippen LogP contribution is -2.40. The van der Waals surface area contributed by atoms with Gasteiger partial charge >= 0.3 is 6.03 Å². The molecule has 0 spiro atoms. The Morgan fingerprint density at radius 1 is 1.14 bits per heavy atom. The molecule has 1 aliphatic heterocycles. The monoisotopic (exact) mass is 314 g/mol. The van der Waals surface area contributed by atoms with Gasteiger partial charge in [0.2, 0.25) is 0 Å². The molecule has 1 aromatic heterocycles. The van der Waals surface area contributed by atoms with E-state index in [2.05, 4.69) is 17.4 Å². The zero-order valence-corrected chi connectivity index (χ0v) is 13.2. The molecule has 2 aromatic rings. The first-order valence-corrected chi connectivity index (χ1v) is 8.21. The highest BCUT2D eigenvalue weighted by atomic mass is 32.1. The summed E-state index contributed by atoms with van der Waals surface area (Å²) >= 11 is 1.49. The lowest BCUT2D eigenvalue weighted by atomic mass is 10.0. The third kappa shape index (κ3) is 2.64. The first-order chi connectivity index (χ1) is 10.6. The highest BCUT2D eigenvalue weighted by molar-refractivity contribution is 7.10. The maximum atomic E-state index is 12.6. The van der Waals surface area contributed by atoms with Crippen LogP contribution in [0.3, 0.4) is 0 Å². The highest BCUT2D eigenvalue weighted by Gasteiger charge is 2.49. The van der Waals surface area contributed by atoms with Crippen molar-refractivity contribution in [3.05, 3.63) is 58.3 Å². The Hall–Kier alpha value is -2.14. The van der Waals surface area contributed by atoms with E-state index in [1.54, 1.807) is 6.92 Å². The molecule has 4 nitrogen and oxygen atoms in total. The topological polar surface area (TPSA) is 49.4 Å². The zero-order chi connectivity index (χ0) is 15.6. The number of rotatable bonds is 5. The van der Waals surface area contributed by atoms with Gasteiger partial charge in [-0.15, -0.1) is 11.3 Å². The van der Waals surface area contributed by atoms with Crippen molar-refractivity contribution >= 4 is 23.3 Å². The molecule has 1 atom stereocenters. The number of thiophene rings is 1. The van der Waals surface area contributed by atoms with Gasteiger partial charge < -0.3 is 5.32 Å². The first kappa shape index (κ1) is 14.8. The van der Waals surface area contributed by atoms with Gasteiger partial charge in [0.1, 0.15) is 0 Å². The minimum absolute atomic E-state index is 0.159. The number of hydrogen-bond acceptors (Lipinski definition) is 3. The lowest BCUT2D eigenvalue weighted by Gasteiger charge is -2.20. The number of benzene rings is 1. The summed E-state index contributed by atoms with van der Waals surface area (Å²) in [6, 6.07) is 13.6. The molecule has 2 heterocycles. The summed E-state index contributed by atoms with van der Waals surface area (Å²) in [5.74, 6) is -0.159. The Morgan fingerprint density at radius 3 is 2.59 bits per heavy atom. The molecule has 0 saturated carbocycles.